The number of aryl methyl sites for hydroxylation is 1. The van der Waals surface area contributed by atoms with E-state index in [2.05, 4.69) is 5.32 Å². The number of amides is 2. The fourth-order valence-corrected chi connectivity index (χ4v) is 4.15. The van der Waals surface area contributed by atoms with Gasteiger partial charge in [-0.05, 0) is 42.3 Å². The van der Waals surface area contributed by atoms with Gasteiger partial charge in [-0.2, -0.15) is 0 Å². The Morgan fingerprint density at radius 3 is 2.22 bits per heavy atom. The van der Waals surface area contributed by atoms with Gasteiger partial charge in [-0.15, -0.1) is 11.8 Å². The molecular weight excluding hydrogens is 423 g/mol. The van der Waals surface area contributed by atoms with Crippen molar-refractivity contribution in [2.75, 3.05) is 12.8 Å². The molecule has 0 radical (unpaired) electrons. The van der Waals surface area contributed by atoms with Gasteiger partial charge in [0.1, 0.15) is 11.9 Å². The number of carbonyl (C=O) groups is 2. The van der Waals surface area contributed by atoms with E-state index in [1.54, 1.807) is 24.1 Å². The van der Waals surface area contributed by atoms with Gasteiger partial charge in [0.25, 0.3) is 0 Å². The van der Waals surface area contributed by atoms with E-state index in [0.717, 1.165) is 21.6 Å². The highest BCUT2D eigenvalue weighted by Crippen LogP contribution is 2.21. The van der Waals surface area contributed by atoms with E-state index in [0.29, 0.717) is 6.42 Å². The van der Waals surface area contributed by atoms with E-state index >= 15 is 0 Å². The maximum absolute atomic E-state index is 13.4. The minimum atomic E-state index is -0.682. The van der Waals surface area contributed by atoms with Gasteiger partial charge in [0.05, 0.1) is 5.75 Å². The summed E-state index contributed by atoms with van der Waals surface area (Å²) in [5.41, 5.74) is 2.88. The van der Waals surface area contributed by atoms with Crippen molar-refractivity contribution in [2.24, 2.45) is 0 Å². The zero-order chi connectivity index (χ0) is 22.9. The molecule has 0 aliphatic heterocycles. The van der Waals surface area contributed by atoms with Gasteiger partial charge >= 0.3 is 0 Å². The van der Waals surface area contributed by atoms with Crippen molar-refractivity contribution >= 4 is 23.6 Å². The lowest BCUT2D eigenvalue weighted by atomic mass is 10.0. The molecule has 3 rings (SSSR count). The van der Waals surface area contributed by atoms with Crippen molar-refractivity contribution in [3.8, 4) is 0 Å². The summed E-state index contributed by atoms with van der Waals surface area (Å²) in [6.07, 6.45) is 0.392. The Labute approximate surface area is 192 Å². The van der Waals surface area contributed by atoms with Crippen LogP contribution >= 0.6 is 11.8 Å². The molecule has 0 heterocycles. The van der Waals surface area contributed by atoms with Crippen LogP contribution in [0.15, 0.2) is 83.8 Å². The van der Waals surface area contributed by atoms with Crippen LogP contribution in [0.4, 0.5) is 4.39 Å². The fraction of sp³-hybridized carbons (Fsp3) is 0.231. The Morgan fingerprint density at radius 1 is 0.938 bits per heavy atom. The lowest BCUT2D eigenvalue weighted by Crippen LogP contribution is -2.50. The summed E-state index contributed by atoms with van der Waals surface area (Å²) in [6, 6.07) is 22.9. The van der Waals surface area contributed by atoms with Crippen LogP contribution in [0.3, 0.4) is 0 Å². The molecule has 166 valence electrons. The molecule has 3 aromatic rings. The van der Waals surface area contributed by atoms with E-state index in [-0.39, 0.29) is 29.9 Å². The van der Waals surface area contributed by atoms with Crippen molar-refractivity contribution in [2.45, 2.75) is 30.8 Å². The van der Waals surface area contributed by atoms with E-state index < -0.39 is 6.04 Å². The van der Waals surface area contributed by atoms with Crippen LogP contribution in [0.25, 0.3) is 0 Å². The molecule has 0 aromatic heterocycles. The number of nitrogens with zero attached hydrogens (tertiary/aromatic N) is 1. The first-order valence-corrected chi connectivity index (χ1v) is 11.4. The van der Waals surface area contributed by atoms with E-state index in [1.807, 2.05) is 61.5 Å². The molecule has 32 heavy (non-hydrogen) atoms. The normalized spacial score (nSPS) is 11.6. The minimum absolute atomic E-state index is 0.149. The Balaban J connectivity index is 1.85. The lowest BCUT2D eigenvalue weighted by Gasteiger charge is -2.31. The molecule has 0 bridgehead atoms. The van der Waals surface area contributed by atoms with Gasteiger partial charge in [0, 0.05) is 24.9 Å². The molecule has 2 amide bonds. The molecule has 3 aromatic carbocycles. The number of rotatable bonds is 9. The molecule has 0 aliphatic rings. The topological polar surface area (TPSA) is 49.4 Å². The SMILES string of the molecule is CNC(=O)[C@@H](Cc1ccccc1)N(Cc1ccc(F)cc1)C(=O)CSc1ccc(C)cc1. The molecule has 1 atom stereocenters. The molecular formula is C26H27FN2O2S. The molecule has 1 N–H and O–H groups in total. The number of benzene rings is 3. The summed E-state index contributed by atoms with van der Waals surface area (Å²) < 4.78 is 13.4. The maximum Gasteiger partial charge on any atom is 0.242 e. The highest BCUT2D eigenvalue weighted by atomic mass is 32.2. The third-order valence-electron chi connectivity index (χ3n) is 5.17. The Hall–Kier alpha value is -3.12. The van der Waals surface area contributed by atoms with Crippen LogP contribution in [0.5, 0.6) is 0 Å². The summed E-state index contributed by atoms with van der Waals surface area (Å²) in [5.74, 6) is -0.519. The second-order valence-electron chi connectivity index (χ2n) is 7.57. The monoisotopic (exact) mass is 450 g/mol. The van der Waals surface area contributed by atoms with Crippen LogP contribution in [0.2, 0.25) is 0 Å². The number of likely N-dealkylation sites (N-methyl/N-ethyl adjacent to an activating group) is 1. The average Bonchev–Trinajstić information content (AvgIpc) is 2.82. The van der Waals surface area contributed by atoms with E-state index in [4.69, 9.17) is 0 Å². The average molecular weight is 451 g/mol. The van der Waals surface area contributed by atoms with Crippen LogP contribution in [0.1, 0.15) is 16.7 Å². The Bertz CT molecular complexity index is 1020. The smallest absolute Gasteiger partial charge is 0.242 e. The van der Waals surface area contributed by atoms with Crippen molar-refractivity contribution < 1.29 is 14.0 Å². The highest BCUT2D eigenvalue weighted by molar-refractivity contribution is 8.00. The van der Waals surface area contributed by atoms with Crippen LogP contribution < -0.4 is 5.32 Å². The van der Waals surface area contributed by atoms with Crippen molar-refractivity contribution in [3.05, 3.63) is 101 Å². The van der Waals surface area contributed by atoms with Gasteiger partial charge in [-0.3, -0.25) is 9.59 Å². The molecule has 4 nitrogen and oxygen atoms in total. The highest BCUT2D eigenvalue weighted by Gasteiger charge is 2.29. The number of carbonyl (C=O) groups excluding carboxylic acids is 2. The number of thioether (sulfide) groups is 1. The first-order chi connectivity index (χ1) is 15.5. The fourth-order valence-electron chi connectivity index (χ4n) is 3.37. The summed E-state index contributed by atoms with van der Waals surface area (Å²) in [5, 5.41) is 2.70. The molecule has 6 heteroatoms. The maximum atomic E-state index is 13.4. The summed E-state index contributed by atoms with van der Waals surface area (Å²) in [4.78, 5) is 28.8. The predicted molar refractivity (Wildman–Crippen MR) is 127 cm³/mol. The van der Waals surface area contributed by atoms with Crippen LogP contribution in [-0.2, 0) is 22.6 Å². The summed E-state index contributed by atoms with van der Waals surface area (Å²) in [6.45, 7) is 2.24. The van der Waals surface area contributed by atoms with Crippen molar-refractivity contribution in [3.63, 3.8) is 0 Å². The molecule has 0 fully saturated rings. The summed E-state index contributed by atoms with van der Waals surface area (Å²) >= 11 is 1.44. The first kappa shape index (κ1) is 23.5. The van der Waals surface area contributed by atoms with E-state index in [9.17, 15) is 14.0 Å². The van der Waals surface area contributed by atoms with Crippen molar-refractivity contribution in [1.29, 1.82) is 0 Å². The third kappa shape index (κ3) is 6.69. The molecule has 0 saturated carbocycles. The van der Waals surface area contributed by atoms with Gasteiger partial charge in [-0.1, -0.05) is 60.2 Å². The number of hydrogen-bond donors (Lipinski definition) is 1. The van der Waals surface area contributed by atoms with E-state index in [1.165, 1.54) is 23.9 Å². The minimum Gasteiger partial charge on any atom is -0.357 e. The van der Waals surface area contributed by atoms with Crippen LogP contribution in [-0.4, -0.2) is 35.6 Å². The number of halogens is 1. The zero-order valence-corrected chi connectivity index (χ0v) is 19.1. The Kier molecular flexibility index (Phi) is 8.45. The molecule has 0 saturated heterocycles. The van der Waals surface area contributed by atoms with Gasteiger partial charge in [0.2, 0.25) is 11.8 Å². The Morgan fingerprint density at radius 2 is 1.59 bits per heavy atom. The first-order valence-electron chi connectivity index (χ1n) is 10.4. The van der Waals surface area contributed by atoms with Gasteiger partial charge in [0.15, 0.2) is 0 Å². The number of hydrogen-bond acceptors (Lipinski definition) is 3. The van der Waals surface area contributed by atoms with Crippen molar-refractivity contribution in [1.82, 2.24) is 10.2 Å². The number of nitrogens with one attached hydrogen (secondary N) is 1. The molecule has 0 spiro atoms. The van der Waals surface area contributed by atoms with Crippen LogP contribution in [0, 0.1) is 12.7 Å². The predicted octanol–water partition coefficient (Wildman–Crippen LogP) is 4.61. The largest absolute Gasteiger partial charge is 0.357 e. The lowest BCUT2D eigenvalue weighted by molar-refractivity contribution is -0.139. The van der Waals surface area contributed by atoms with Gasteiger partial charge < -0.3 is 10.2 Å². The zero-order valence-electron chi connectivity index (χ0n) is 18.3. The summed E-state index contributed by atoms with van der Waals surface area (Å²) in [7, 11) is 1.57. The quantitative estimate of drug-likeness (QED) is 0.484. The van der Waals surface area contributed by atoms with Gasteiger partial charge in [-0.25, -0.2) is 4.39 Å². The molecule has 0 aliphatic carbocycles. The second kappa shape index (κ2) is 11.5. The third-order valence-corrected chi connectivity index (χ3v) is 6.16. The second-order valence-corrected chi connectivity index (χ2v) is 8.62. The standard InChI is InChI=1S/C26H27FN2O2S/c1-19-8-14-23(15-9-19)32-18-25(30)29(17-21-10-12-22(27)13-11-21)24(26(31)28-2)16-20-6-4-3-5-7-20/h3-15,24H,16-18H2,1-2H3,(H,28,31)/t24-/m1/s1. The molecule has 0 unspecified atom stereocenters.